The fraction of sp³-hybridized carbons (Fsp3) is 0.600. The molecule has 7 heteroatoms. The number of nitrogens with two attached hydrogens (primary N) is 2. The third-order valence-corrected chi connectivity index (χ3v) is 2.96. The molecule has 94 valence electrons. The summed E-state index contributed by atoms with van der Waals surface area (Å²) in [6.45, 7) is 2.19. The van der Waals surface area contributed by atoms with E-state index >= 15 is 0 Å². The molecule has 17 heavy (non-hydrogen) atoms. The van der Waals surface area contributed by atoms with E-state index in [9.17, 15) is 0 Å². The molecule has 6 N–H and O–H groups in total. The summed E-state index contributed by atoms with van der Waals surface area (Å²) >= 11 is 0. The smallest absolute Gasteiger partial charge is 0.223 e. The Kier molecular flexibility index (Phi) is 3.60. The molecule has 0 radical (unpaired) electrons. The second kappa shape index (κ2) is 5.15. The van der Waals surface area contributed by atoms with Gasteiger partial charge in [0.05, 0.1) is 0 Å². The van der Waals surface area contributed by atoms with E-state index in [1.54, 1.807) is 6.07 Å². The highest BCUT2D eigenvalue weighted by Gasteiger charge is 2.17. The first-order chi connectivity index (χ1) is 8.17. The monoisotopic (exact) mass is 237 g/mol. The topological polar surface area (TPSA) is 105 Å². The Balaban J connectivity index is 2.00. The van der Waals surface area contributed by atoms with Crippen LogP contribution >= 0.6 is 0 Å². The number of nitrogens with one attached hydrogen (secondary N) is 2. The average Bonchev–Trinajstić information content (AvgIpc) is 2.31. The standard InChI is InChI=1S/C10H19N7/c1-17-4-2-7(3-5-17)13-8-6-9(16-12)15-10(11)14-8/h6-7H,2-5,12H2,1H3,(H4,11,13,14,15,16). The Morgan fingerprint density at radius 2 is 1.94 bits per heavy atom. The summed E-state index contributed by atoms with van der Waals surface area (Å²) in [5, 5.41) is 3.36. The van der Waals surface area contributed by atoms with Crippen molar-refractivity contribution in [2.45, 2.75) is 18.9 Å². The van der Waals surface area contributed by atoms with Gasteiger partial charge < -0.3 is 21.4 Å². The fourth-order valence-electron chi connectivity index (χ4n) is 1.98. The lowest BCUT2D eigenvalue weighted by atomic mass is 10.1. The summed E-state index contributed by atoms with van der Waals surface area (Å²) < 4.78 is 0. The highest BCUT2D eigenvalue weighted by atomic mass is 15.3. The van der Waals surface area contributed by atoms with Crippen molar-refractivity contribution in [1.29, 1.82) is 0 Å². The van der Waals surface area contributed by atoms with Gasteiger partial charge in [-0.2, -0.15) is 9.97 Å². The molecule has 0 spiro atoms. The molecule has 1 aromatic heterocycles. The maximum Gasteiger partial charge on any atom is 0.223 e. The minimum absolute atomic E-state index is 0.218. The molecule has 1 aliphatic heterocycles. The zero-order chi connectivity index (χ0) is 12.3. The van der Waals surface area contributed by atoms with Crippen LogP contribution in [0.4, 0.5) is 17.6 Å². The summed E-state index contributed by atoms with van der Waals surface area (Å²) in [5.74, 6) is 6.77. The van der Waals surface area contributed by atoms with Gasteiger partial charge in [-0.05, 0) is 33.0 Å². The van der Waals surface area contributed by atoms with Crippen LogP contribution in [0, 0.1) is 0 Å². The number of likely N-dealkylation sites (tertiary alicyclic amines) is 1. The number of piperidine rings is 1. The molecule has 2 rings (SSSR count). The Labute approximate surface area is 101 Å². The largest absolute Gasteiger partial charge is 0.368 e. The molecular formula is C10H19N7. The van der Waals surface area contributed by atoms with Crippen LogP contribution < -0.4 is 22.3 Å². The molecule has 0 saturated carbocycles. The fourth-order valence-corrected chi connectivity index (χ4v) is 1.98. The molecule has 0 aromatic carbocycles. The van der Waals surface area contributed by atoms with Crippen LogP contribution in [0.5, 0.6) is 0 Å². The van der Waals surface area contributed by atoms with Crippen LogP contribution in [0.1, 0.15) is 12.8 Å². The van der Waals surface area contributed by atoms with Gasteiger partial charge in [-0.1, -0.05) is 0 Å². The maximum atomic E-state index is 5.60. The maximum absolute atomic E-state index is 5.60. The molecule has 0 aliphatic carbocycles. The van der Waals surface area contributed by atoms with Crippen molar-refractivity contribution >= 4 is 17.6 Å². The van der Waals surface area contributed by atoms with E-state index in [-0.39, 0.29) is 5.95 Å². The molecule has 0 atom stereocenters. The normalized spacial score (nSPS) is 18.0. The van der Waals surface area contributed by atoms with Crippen LogP contribution in [-0.2, 0) is 0 Å². The van der Waals surface area contributed by atoms with Gasteiger partial charge in [-0.3, -0.25) is 0 Å². The Hall–Kier alpha value is -1.60. The summed E-state index contributed by atoms with van der Waals surface area (Å²) in [4.78, 5) is 10.4. The van der Waals surface area contributed by atoms with Crippen molar-refractivity contribution in [3.05, 3.63) is 6.07 Å². The predicted octanol–water partition coefficient (Wildman–Crippen LogP) is -0.149. The second-order valence-electron chi connectivity index (χ2n) is 4.36. The van der Waals surface area contributed by atoms with Crippen molar-refractivity contribution in [2.24, 2.45) is 5.84 Å². The highest BCUT2D eigenvalue weighted by molar-refractivity contribution is 5.50. The molecule has 7 nitrogen and oxygen atoms in total. The molecule has 0 bridgehead atoms. The Morgan fingerprint density at radius 1 is 1.29 bits per heavy atom. The summed E-state index contributed by atoms with van der Waals surface area (Å²) in [5.41, 5.74) is 8.07. The van der Waals surface area contributed by atoms with E-state index in [0.717, 1.165) is 31.7 Å². The molecule has 0 unspecified atom stereocenters. The first-order valence-electron chi connectivity index (χ1n) is 5.73. The number of rotatable bonds is 3. The van der Waals surface area contributed by atoms with Crippen LogP contribution in [0.3, 0.4) is 0 Å². The zero-order valence-electron chi connectivity index (χ0n) is 9.98. The van der Waals surface area contributed by atoms with E-state index in [1.165, 1.54) is 0 Å². The summed E-state index contributed by atoms with van der Waals surface area (Å²) in [7, 11) is 2.13. The van der Waals surface area contributed by atoms with Gasteiger partial charge in [0.1, 0.15) is 11.6 Å². The average molecular weight is 237 g/mol. The number of anilines is 3. The number of aromatic nitrogens is 2. The minimum Gasteiger partial charge on any atom is -0.368 e. The first kappa shape index (κ1) is 11.9. The van der Waals surface area contributed by atoms with Gasteiger partial charge >= 0.3 is 0 Å². The van der Waals surface area contributed by atoms with Crippen molar-refractivity contribution < 1.29 is 0 Å². The van der Waals surface area contributed by atoms with E-state index < -0.39 is 0 Å². The van der Waals surface area contributed by atoms with Crippen LogP contribution in [0.25, 0.3) is 0 Å². The van der Waals surface area contributed by atoms with Crippen LogP contribution in [0.15, 0.2) is 6.07 Å². The summed E-state index contributed by atoms with van der Waals surface area (Å²) in [6.07, 6.45) is 2.21. The molecule has 2 heterocycles. The van der Waals surface area contributed by atoms with Crippen molar-refractivity contribution in [3.63, 3.8) is 0 Å². The van der Waals surface area contributed by atoms with Crippen LogP contribution in [-0.4, -0.2) is 41.0 Å². The lowest BCUT2D eigenvalue weighted by Crippen LogP contribution is -2.36. The van der Waals surface area contributed by atoms with Gasteiger partial charge in [0, 0.05) is 12.1 Å². The summed E-state index contributed by atoms with van der Waals surface area (Å²) in [6, 6.07) is 2.19. The highest BCUT2D eigenvalue weighted by Crippen LogP contribution is 2.17. The SMILES string of the molecule is CN1CCC(Nc2cc(NN)nc(N)n2)CC1. The third-order valence-electron chi connectivity index (χ3n) is 2.96. The van der Waals surface area contributed by atoms with E-state index in [2.05, 4.69) is 32.7 Å². The van der Waals surface area contributed by atoms with E-state index in [0.29, 0.717) is 11.9 Å². The van der Waals surface area contributed by atoms with Gasteiger partial charge in [0.25, 0.3) is 0 Å². The molecule has 0 amide bonds. The third kappa shape index (κ3) is 3.18. The number of hydrogen-bond donors (Lipinski definition) is 4. The number of nitrogen functional groups attached to an aromatic ring is 2. The molecule has 1 aromatic rings. The van der Waals surface area contributed by atoms with Gasteiger partial charge in [-0.15, -0.1) is 0 Å². The lowest BCUT2D eigenvalue weighted by molar-refractivity contribution is 0.263. The zero-order valence-corrected chi connectivity index (χ0v) is 9.98. The predicted molar refractivity (Wildman–Crippen MR) is 68.4 cm³/mol. The number of hydrazine groups is 1. The second-order valence-corrected chi connectivity index (χ2v) is 4.36. The molecular weight excluding hydrogens is 218 g/mol. The van der Waals surface area contributed by atoms with Gasteiger partial charge in [0.2, 0.25) is 5.95 Å². The lowest BCUT2D eigenvalue weighted by Gasteiger charge is -2.29. The van der Waals surface area contributed by atoms with Crippen LogP contribution in [0.2, 0.25) is 0 Å². The minimum atomic E-state index is 0.218. The number of hydrogen-bond acceptors (Lipinski definition) is 7. The Bertz CT molecular complexity index is 373. The van der Waals surface area contributed by atoms with E-state index in [4.69, 9.17) is 11.6 Å². The molecule has 1 saturated heterocycles. The first-order valence-corrected chi connectivity index (χ1v) is 5.73. The molecule has 1 aliphatic rings. The number of nitrogens with zero attached hydrogens (tertiary/aromatic N) is 3. The van der Waals surface area contributed by atoms with E-state index in [1.807, 2.05) is 0 Å². The van der Waals surface area contributed by atoms with Crippen molar-refractivity contribution in [2.75, 3.05) is 36.6 Å². The van der Waals surface area contributed by atoms with Gasteiger partial charge in [0.15, 0.2) is 0 Å². The van der Waals surface area contributed by atoms with Crippen molar-refractivity contribution in [3.8, 4) is 0 Å². The molecule has 1 fully saturated rings. The Morgan fingerprint density at radius 3 is 2.59 bits per heavy atom. The van der Waals surface area contributed by atoms with Crippen molar-refractivity contribution in [1.82, 2.24) is 14.9 Å². The quantitative estimate of drug-likeness (QED) is 0.428. The van der Waals surface area contributed by atoms with Gasteiger partial charge in [-0.25, -0.2) is 5.84 Å².